The van der Waals surface area contributed by atoms with Crippen LogP contribution in [-0.2, 0) is 4.74 Å². The molecule has 3 heteroatoms. The zero-order valence-corrected chi connectivity index (χ0v) is 11.2. The minimum absolute atomic E-state index is 0.179. The molecule has 1 aliphatic rings. The standard InChI is InChI=1S/C15H23NO2/c1-3-14(16-9-10-18-12(2)11-16)15(17)13-7-5-4-6-8-13/h4-8,12,14-15,17H,3,9-11H2,1-2H3. The van der Waals surface area contributed by atoms with Crippen LogP contribution in [0.3, 0.4) is 0 Å². The second-order valence-corrected chi connectivity index (χ2v) is 5.01. The van der Waals surface area contributed by atoms with E-state index in [9.17, 15) is 5.11 Å². The molecule has 18 heavy (non-hydrogen) atoms. The van der Waals surface area contributed by atoms with Crippen molar-refractivity contribution in [2.45, 2.75) is 38.5 Å². The van der Waals surface area contributed by atoms with Crippen molar-refractivity contribution in [2.24, 2.45) is 0 Å². The van der Waals surface area contributed by atoms with E-state index in [1.807, 2.05) is 30.3 Å². The third kappa shape index (κ3) is 3.10. The topological polar surface area (TPSA) is 32.7 Å². The number of aliphatic hydroxyl groups excluding tert-OH is 1. The quantitative estimate of drug-likeness (QED) is 0.888. The molecular weight excluding hydrogens is 226 g/mol. The Bertz CT molecular complexity index is 355. The Morgan fingerprint density at radius 2 is 2.11 bits per heavy atom. The van der Waals surface area contributed by atoms with Crippen molar-refractivity contribution in [1.29, 1.82) is 0 Å². The monoisotopic (exact) mass is 249 g/mol. The summed E-state index contributed by atoms with van der Waals surface area (Å²) in [6.07, 6.45) is 0.792. The van der Waals surface area contributed by atoms with Crippen molar-refractivity contribution in [3.63, 3.8) is 0 Å². The van der Waals surface area contributed by atoms with Crippen LogP contribution in [0.1, 0.15) is 31.9 Å². The molecule has 0 spiro atoms. The molecule has 1 aliphatic heterocycles. The first-order valence-electron chi connectivity index (χ1n) is 6.81. The van der Waals surface area contributed by atoms with Gasteiger partial charge in [0.1, 0.15) is 0 Å². The number of rotatable bonds is 4. The maximum Gasteiger partial charge on any atom is 0.0945 e. The predicted molar refractivity (Wildman–Crippen MR) is 72.5 cm³/mol. The third-order valence-corrected chi connectivity index (χ3v) is 3.67. The average molecular weight is 249 g/mol. The first-order valence-corrected chi connectivity index (χ1v) is 6.81. The van der Waals surface area contributed by atoms with Gasteiger partial charge in [-0.25, -0.2) is 0 Å². The highest BCUT2D eigenvalue weighted by Crippen LogP contribution is 2.24. The zero-order valence-electron chi connectivity index (χ0n) is 11.2. The Labute approximate surface area is 109 Å². The maximum atomic E-state index is 10.5. The van der Waals surface area contributed by atoms with E-state index in [2.05, 4.69) is 18.7 Å². The van der Waals surface area contributed by atoms with Gasteiger partial charge < -0.3 is 9.84 Å². The molecule has 100 valence electrons. The normalized spacial score (nSPS) is 24.7. The molecule has 0 aliphatic carbocycles. The van der Waals surface area contributed by atoms with Gasteiger partial charge in [0.05, 0.1) is 18.8 Å². The lowest BCUT2D eigenvalue weighted by molar-refractivity contribution is -0.0591. The van der Waals surface area contributed by atoms with Crippen LogP contribution in [-0.4, -0.2) is 41.8 Å². The van der Waals surface area contributed by atoms with E-state index >= 15 is 0 Å². The lowest BCUT2D eigenvalue weighted by Crippen LogP contribution is -2.48. The molecule has 1 aromatic rings. The van der Waals surface area contributed by atoms with E-state index in [1.54, 1.807) is 0 Å². The summed E-state index contributed by atoms with van der Waals surface area (Å²) >= 11 is 0. The summed E-state index contributed by atoms with van der Waals surface area (Å²) in [6, 6.07) is 10.1. The fourth-order valence-corrected chi connectivity index (χ4v) is 2.70. The molecule has 3 atom stereocenters. The molecule has 1 N–H and O–H groups in total. The zero-order chi connectivity index (χ0) is 13.0. The second-order valence-electron chi connectivity index (χ2n) is 5.01. The molecule has 0 aromatic heterocycles. The summed E-state index contributed by atoms with van der Waals surface area (Å²) in [5.74, 6) is 0. The molecule has 1 aromatic carbocycles. The minimum atomic E-state index is -0.415. The molecule has 0 radical (unpaired) electrons. The van der Waals surface area contributed by atoms with Crippen molar-refractivity contribution >= 4 is 0 Å². The lowest BCUT2D eigenvalue weighted by Gasteiger charge is -2.39. The molecule has 2 rings (SSSR count). The van der Waals surface area contributed by atoms with Crippen LogP contribution in [0.15, 0.2) is 30.3 Å². The van der Waals surface area contributed by atoms with Gasteiger partial charge in [-0.3, -0.25) is 4.90 Å². The fourth-order valence-electron chi connectivity index (χ4n) is 2.70. The smallest absolute Gasteiger partial charge is 0.0945 e. The Balaban J connectivity index is 2.08. The highest BCUT2D eigenvalue weighted by Gasteiger charge is 2.28. The molecular formula is C15H23NO2. The van der Waals surface area contributed by atoms with Crippen molar-refractivity contribution < 1.29 is 9.84 Å². The van der Waals surface area contributed by atoms with Crippen molar-refractivity contribution in [3.8, 4) is 0 Å². The number of ether oxygens (including phenoxy) is 1. The van der Waals surface area contributed by atoms with Gasteiger partial charge in [-0.05, 0) is 18.9 Å². The van der Waals surface area contributed by atoms with Gasteiger partial charge in [0, 0.05) is 19.1 Å². The van der Waals surface area contributed by atoms with Crippen LogP contribution >= 0.6 is 0 Å². The van der Waals surface area contributed by atoms with Crippen LogP contribution < -0.4 is 0 Å². The molecule has 0 bridgehead atoms. The molecule has 1 fully saturated rings. The summed E-state index contributed by atoms with van der Waals surface area (Å²) in [5, 5.41) is 10.5. The maximum absolute atomic E-state index is 10.5. The van der Waals surface area contributed by atoms with E-state index in [0.29, 0.717) is 0 Å². The lowest BCUT2D eigenvalue weighted by atomic mass is 9.98. The van der Waals surface area contributed by atoms with E-state index < -0.39 is 6.10 Å². The van der Waals surface area contributed by atoms with Crippen LogP contribution in [0.4, 0.5) is 0 Å². The van der Waals surface area contributed by atoms with Gasteiger partial charge in [-0.15, -0.1) is 0 Å². The van der Waals surface area contributed by atoms with E-state index in [1.165, 1.54) is 0 Å². The van der Waals surface area contributed by atoms with Gasteiger partial charge >= 0.3 is 0 Å². The number of hydrogen-bond donors (Lipinski definition) is 1. The number of nitrogens with zero attached hydrogens (tertiary/aromatic N) is 1. The summed E-state index contributed by atoms with van der Waals surface area (Å²) in [5.41, 5.74) is 1.00. The Morgan fingerprint density at radius 1 is 1.39 bits per heavy atom. The second kappa shape index (κ2) is 6.32. The number of aliphatic hydroxyl groups is 1. The van der Waals surface area contributed by atoms with Crippen LogP contribution in [0, 0.1) is 0 Å². The van der Waals surface area contributed by atoms with E-state index in [4.69, 9.17) is 4.74 Å². The fraction of sp³-hybridized carbons (Fsp3) is 0.600. The number of benzene rings is 1. The molecule has 3 nitrogen and oxygen atoms in total. The van der Waals surface area contributed by atoms with E-state index in [-0.39, 0.29) is 12.1 Å². The molecule has 0 amide bonds. The SMILES string of the molecule is CCC(C(O)c1ccccc1)N1CCOC(C)C1. The first-order chi connectivity index (χ1) is 8.72. The Kier molecular flexibility index (Phi) is 4.75. The number of morpholine rings is 1. The summed E-state index contributed by atoms with van der Waals surface area (Å²) < 4.78 is 5.56. The summed E-state index contributed by atoms with van der Waals surface area (Å²) in [6.45, 7) is 6.80. The minimum Gasteiger partial charge on any atom is -0.387 e. The van der Waals surface area contributed by atoms with Crippen molar-refractivity contribution in [3.05, 3.63) is 35.9 Å². The molecule has 1 heterocycles. The van der Waals surface area contributed by atoms with Crippen LogP contribution in [0.5, 0.6) is 0 Å². The highest BCUT2D eigenvalue weighted by molar-refractivity contribution is 5.19. The summed E-state index contributed by atoms with van der Waals surface area (Å²) in [7, 11) is 0. The van der Waals surface area contributed by atoms with Gasteiger partial charge in [0.15, 0.2) is 0 Å². The third-order valence-electron chi connectivity index (χ3n) is 3.67. The summed E-state index contributed by atoms with van der Waals surface area (Å²) in [4.78, 5) is 2.35. The Hall–Kier alpha value is -0.900. The van der Waals surface area contributed by atoms with Gasteiger partial charge in [-0.1, -0.05) is 37.3 Å². The van der Waals surface area contributed by atoms with Crippen molar-refractivity contribution in [2.75, 3.05) is 19.7 Å². The average Bonchev–Trinajstić information content (AvgIpc) is 2.40. The first kappa shape index (κ1) is 13.5. The molecule has 3 unspecified atom stereocenters. The highest BCUT2D eigenvalue weighted by atomic mass is 16.5. The van der Waals surface area contributed by atoms with Gasteiger partial charge in [0.25, 0.3) is 0 Å². The van der Waals surface area contributed by atoms with Gasteiger partial charge in [0.2, 0.25) is 0 Å². The van der Waals surface area contributed by atoms with Crippen molar-refractivity contribution in [1.82, 2.24) is 4.90 Å². The molecule has 0 saturated carbocycles. The van der Waals surface area contributed by atoms with Crippen LogP contribution in [0.2, 0.25) is 0 Å². The van der Waals surface area contributed by atoms with Crippen LogP contribution in [0.25, 0.3) is 0 Å². The number of hydrogen-bond acceptors (Lipinski definition) is 3. The largest absolute Gasteiger partial charge is 0.387 e. The van der Waals surface area contributed by atoms with Gasteiger partial charge in [-0.2, -0.15) is 0 Å². The Morgan fingerprint density at radius 3 is 2.72 bits per heavy atom. The predicted octanol–water partition coefficient (Wildman–Crippen LogP) is 2.22. The van der Waals surface area contributed by atoms with E-state index in [0.717, 1.165) is 31.7 Å². The molecule has 1 saturated heterocycles.